The molecule has 1 fully saturated rings. The number of amides is 1. The van der Waals surface area contributed by atoms with Crippen molar-refractivity contribution >= 4 is 29.2 Å². The van der Waals surface area contributed by atoms with Gasteiger partial charge in [-0.25, -0.2) is 4.79 Å². The van der Waals surface area contributed by atoms with Gasteiger partial charge in [-0.05, 0) is 18.2 Å². The van der Waals surface area contributed by atoms with Crippen LogP contribution in [0, 0.1) is 0 Å². The van der Waals surface area contributed by atoms with E-state index in [2.05, 4.69) is 5.32 Å². The zero-order chi connectivity index (χ0) is 13.1. The summed E-state index contributed by atoms with van der Waals surface area (Å²) in [5.74, 6) is -0.980. The second kappa shape index (κ2) is 5.27. The zero-order valence-corrected chi connectivity index (χ0v) is 10.4. The lowest BCUT2D eigenvalue weighted by Gasteiger charge is -2.23. The summed E-state index contributed by atoms with van der Waals surface area (Å²) in [7, 11) is 0. The van der Waals surface area contributed by atoms with Crippen LogP contribution in [0.1, 0.15) is 16.8 Å². The number of carboxylic acid groups (broad SMARTS) is 1. The molecular formula is C12H13ClN2O3. The zero-order valence-electron chi connectivity index (χ0n) is 9.65. The number of carbonyl (C=O) groups is 2. The molecular weight excluding hydrogens is 256 g/mol. The minimum Gasteiger partial charge on any atom is -0.478 e. The number of hydrogen-bond donors (Lipinski definition) is 2. The van der Waals surface area contributed by atoms with E-state index in [0.717, 1.165) is 5.69 Å². The third-order valence-electron chi connectivity index (χ3n) is 2.85. The maximum Gasteiger partial charge on any atom is 0.335 e. The highest BCUT2D eigenvalue weighted by atomic mass is 35.5. The van der Waals surface area contributed by atoms with E-state index < -0.39 is 5.97 Å². The topological polar surface area (TPSA) is 69.6 Å². The Kier molecular flexibility index (Phi) is 3.72. The molecule has 0 radical (unpaired) electrons. The summed E-state index contributed by atoms with van der Waals surface area (Å²) in [4.78, 5) is 24.0. The van der Waals surface area contributed by atoms with Crippen LogP contribution in [0.2, 0.25) is 5.02 Å². The van der Waals surface area contributed by atoms with Crippen molar-refractivity contribution in [3.05, 3.63) is 28.8 Å². The second-order valence-corrected chi connectivity index (χ2v) is 4.47. The van der Waals surface area contributed by atoms with Gasteiger partial charge in [-0.1, -0.05) is 11.6 Å². The van der Waals surface area contributed by atoms with Gasteiger partial charge in [0.25, 0.3) is 0 Å². The van der Waals surface area contributed by atoms with E-state index in [9.17, 15) is 9.59 Å². The molecule has 1 aliphatic heterocycles. The fourth-order valence-electron chi connectivity index (χ4n) is 1.90. The quantitative estimate of drug-likeness (QED) is 0.850. The standard InChI is InChI=1S/C12H13ClN2O3/c13-9-7-8(12(17)18)1-2-10(9)15-5-3-11(16)14-4-6-15/h1-2,7H,3-6H2,(H,14,16)(H,17,18). The average Bonchev–Trinajstić information content (AvgIpc) is 2.54. The van der Waals surface area contributed by atoms with Gasteiger partial charge in [0, 0.05) is 26.1 Å². The molecule has 6 heteroatoms. The van der Waals surface area contributed by atoms with Crippen molar-refractivity contribution < 1.29 is 14.7 Å². The summed E-state index contributed by atoms with van der Waals surface area (Å²) < 4.78 is 0. The Morgan fingerprint density at radius 1 is 1.39 bits per heavy atom. The van der Waals surface area contributed by atoms with Crippen molar-refractivity contribution in [2.24, 2.45) is 0 Å². The Morgan fingerprint density at radius 2 is 2.17 bits per heavy atom. The van der Waals surface area contributed by atoms with E-state index in [1.165, 1.54) is 12.1 Å². The van der Waals surface area contributed by atoms with Crippen LogP contribution in [-0.4, -0.2) is 36.6 Å². The van der Waals surface area contributed by atoms with Crippen LogP contribution in [0.15, 0.2) is 18.2 Å². The lowest BCUT2D eigenvalue weighted by atomic mass is 10.2. The lowest BCUT2D eigenvalue weighted by molar-refractivity contribution is -0.120. The third kappa shape index (κ3) is 2.73. The minimum absolute atomic E-state index is 0.0239. The predicted molar refractivity (Wildman–Crippen MR) is 68.3 cm³/mol. The van der Waals surface area contributed by atoms with Gasteiger partial charge in [0.2, 0.25) is 5.91 Å². The SMILES string of the molecule is O=C1CCN(c2ccc(C(=O)O)cc2Cl)CCN1. The van der Waals surface area contributed by atoms with Crippen LogP contribution >= 0.6 is 11.6 Å². The molecule has 1 aromatic carbocycles. The first-order chi connectivity index (χ1) is 8.58. The van der Waals surface area contributed by atoms with Crippen LogP contribution in [-0.2, 0) is 4.79 Å². The molecule has 0 saturated carbocycles. The summed E-state index contributed by atoms with van der Waals surface area (Å²) in [6.07, 6.45) is 0.414. The number of carbonyl (C=O) groups excluding carboxylic acids is 1. The highest BCUT2D eigenvalue weighted by Gasteiger charge is 2.17. The molecule has 2 rings (SSSR count). The van der Waals surface area contributed by atoms with E-state index >= 15 is 0 Å². The van der Waals surface area contributed by atoms with Crippen molar-refractivity contribution in [3.8, 4) is 0 Å². The number of aromatic carboxylic acids is 1. The molecule has 0 aromatic heterocycles. The van der Waals surface area contributed by atoms with E-state index in [-0.39, 0.29) is 11.5 Å². The number of benzene rings is 1. The Balaban J connectivity index is 2.22. The van der Waals surface area contributed by atoms with Gasteiger partial charge < -0.3 is 15.3 Å². The molecule has 0 bridgehead atoms. The normalized spacial score (nSPS) is 16.1. The molecule has 0 unspecified atom stereocenters. The van der Waals surface area contributed by atoms with E-state index in [0.29, 0.717) is 31.1 Å². The Bertz CT molecular complexity index is 490. The Labute approximate surface area is 109 Å². The molecule has 1 aliphatic rings. The van der Waals surface area contributed by atoms with Crippen LogP contribution in [0.25, 0.3) is 0 Å². The number of carboxylic acids is 1. The molecule has 1 saturated heterocycles. The van der Waals surface area contributed by atoms with Gasteiger partial charge in [0.1, 0.15) is 0 Å². The first-order valence-electron chi connectivity index (χ1n) is 5.62. The van der Waals surface area contributed by atoms with Crippen molar-refractivity contribution in [3.63, 3.8) is 0 Å². The first kappa shape index (κ1) is 12.7. The molecule has 0 spiro atoms. The summed E-state index contributed by atoms with van der Waals surface area (Å²) in [6, 6.07) is 4.63. The molecule has 1 amide bonds. The van der Waals surface area contributed by atoms with Crippen LogP contribution in [0.4, 0.5) is 5.69 Å². The monoisotopic (exact) mass is 268 g/mol. The van der Waals surface area contributed by atoms with E-state index in [4.69, 9.17) is 16.7 Å². The largest absolute Gasteiger partial charge is 0.478 e. The van der Waals surface area contributed by atoms with Gasteiger partial charge >= 0.3 is 5.97 Å². The molecule has 1 heterocycles. The highest BCUT2D eigenvalue weighted by Crippen LogP contribution is 2.27. The second-order valence-electron chi connectivity index (χ2n) is 4.06. The van der Waals surface area contributed by atoms with Crippen molar-refractivity contribution in [1.29, 1.82) is 0 Å². The molecule has 96 valence electrons. The number of halogens is 1. The molecule has 0 aliphatic carbocycles. The van der Waals surface area contributed by atoms with Crippen LogP contribution < -0.4 is 10.2 Å². The summed E-state index contributed by atoms with van der Waals surface area (Å²) >= 11 is 6.09. The van der Waals surface area contributed by atoms with Crippen molar-refractivity contribution in [2.45, 2.75) is 6.42 Å². The van der Waals surface area contributed by atoms with Gasteiger partial charge in [0.05, 0.1) is 16.3 Å². The molecule has 0 atom stereocenters. The summed E-state index contributed by atoms with van der Waals surface area (Å²) in [5, 5.41) is 12.0. The number of anilines is 1. The predicted octanol–water partition coefficient (Wildman–Crippen LogP) is 1.36. The molecule has 2 N–H and O–H groups in total. The van der Waals surface area contributed by atoms with Gasteiger partial charge in [0.15, 0.2) is 0 Å². The van der Waals surface area contributed by atoms with Crippen molar-refractivity contribution in [1.82, 2.24) is 5.32 Å². The maximum atomic E-state index is 11.2. The molecule has 1 aromatic rings. The smallest absolute Gasteiger partial charge is 0.335 e. The number of rotatable bonds is 2. The maximum absolute atomic E-state index is 11.2. The van der Waals surface area contributed by atoms with Gasteiger partial charge in [-0.3, -0.25) is 4.79 Å². The Morgan fingerprint density at radius 3 is 2.83 bits per heavy atom. The summed E-state index contributed by atoms with van der Waals surface area (Å²) in [5.41, 5.74) is 0.922. The van der Waals surface area contributed by atoms with Crippen molar-refractivity contribution in [2.75, 3.05) is 24.5 Å². The number of nitrogens with one attached hydrogen (secondary N) is 1. The van der Waals surface area contributed by atoms with Crippen LogP contribution in [0.3, 0.4) is 0 Å². The fraction of sp³-hybridized carbons (Fsp3) is 0.333. The van der Waals surface area contributed by atoms with E-state index in [1.54, 1.807) is 6.07 Å². The van der Waals surface area contributed by atoms with E-state index in [1.807, 2.05) is 4.90 Å². The molecule has 18 heavy (non-hydrogen) atoms. The van der Waals surface area contributed by atoms with Gasteiger partial charge in [-0.15, -0.1) is 0 Å². The molecule has 5 nitrogen and oxygen atoms in total. The summed E-state index contributed by atoms with van der Waals surface area (Å²) in [6.45, 7) is 1.81. The highest BCUT2D eigenvalue weighted by molar-refractivity contribution is 6.33. The lowest BCUT2D eigenvalue weighted by Crippen LogP contribution is -2.28. The number of hydrogen-bond acceptors (Lipinski definition) is 3. The third-order valence-corrected chi connectivity index (χ3v) is 3.15. The first-order valence-corrected chi connectivity index (χ1v) is 6.00. The van der Waals surface area contributed by atoms with Gasteiger partial charge in [-0.2, -0.15) is 0 Å². The Hall–Kier alpha value is -1.75. The fourth-order valence-corrected chi connectivity index (χ4v) is 2.20. The minimum atomic E-state index is -1.00. The number of nitrogens with zero attached hydrogens (tertiary/aromatic N) is 1. The average molecular weight is 269 g/mol. The van der Waals surface area contributed by atoms with Crippen LogP contribution in [0.5, 0.6) is 0 Å².